The summed E-state index contributed by atoms with van der Waals surface area (Å²) < 4.78 is 12.4. The van der Waals surface area contributed by atoms with E-state index in [0.29, 0.717) is 5.69 Å². The van der Waals surface area contributed by atoms with E-state index in [1.54, 1.807) is 6.92 Å². The highest BCUT2D eigenvalue weighted by atomic mass is 19.1. The van der Waals surface area contributed by atoms with Crippen LogP contribution in [0.15, 0.2) is 18.3 Å². The fourth-order valence-electron chi connectivity index (χ4n) is 0.832. The number of nitrogens with zero attached hydrogens (tertiary/aromatic N) is 1. The molecule has 3 N–H and O–H groups in total. The van der Waals surface area contributed by atoms with Gasteiger partial charge in [-0.1, -0.05) is 0 Å². The van der Waals surface area contributed by atoms with Crippen LogP contribution in [0.4, 0.5) is 4.39 Å². The largest absolute Gasteiger partial charge is 0.385 e. The standard InChI is InChI=1S/C8H11FN2O/c1-5(10)8(12)7-3-2-6(9)4-11-7/h2-5,8,12H,10H2,1H3/t5?,8-/m1/s1. The number of hydrogen-bond donors (Lipinski definition) is 2. The van der Waals surface area contributed by atoms with E-state index >= 15 is 0 Å². The fourth-order valence-corrected chi connectivity index (χ4v) is 0.832. The molecule has 0 saturated carbocycles. The van der Waals surface area contributed by atoms with Crippen molar-refractivity contribution in [1.29, 1.82) is 0 Å². The van der Waals surface area contributed by atoms with Crippen molar-refractivity contribution < 1.29 is 9.50 Å². The quantitative estimate of drug-likeness (QED) is 0.683. The maximum atomic E-state index is 12.4. The Morgan fingerprint density at radius 3 is 2.67 bits per heavy atom. The Bertz CT molecular complexity index is 248. The second-order valence-electron chi connectivity index (χ2n) is 2.71. The Balaban J connectivity index is 2.82. The van der Waals surface area contributed by atoms with Gasteiger partial charge in [-0.15, -0.1) is 0 Å². The first-order valence-electron chi connectivity index (χ1n) is 3.66. The lowest BCUT2D eigenvalue weighted by molar-refractivity contribution is 0.148. The first kappa shape index (κ1) is 9.09. The van der Waals surface area contributed by atoms with Crippen LogP contribution in [0.5, 0.6) is 0 Å². The summed E-state index contributed by atoms with van der Waals surface area (Å²) in [7, 11) is 0. The fraction of sp³-hybridized carbons (Fsp3) is 0.375. The van der Waals surface area contributed by atoms with Crippen molar-refractivity contribution in [2.75, 3.05) is 0 Å². The van der Waals surface area contributed by atoms with Gasteiger partial charge in [0, 0.05) is 6.04 Å². The van der Waals surface area contributed by atoms with Gasteiger partial charge in [0.1, 0.15) is 11.9 Å². The lowest BCUT2D eigenvalue weighted by Crippen LogP contribution is -2.25. The molecule has 3 nitrogen and oxygen atoms in total. The summed E-state index contributed by atoms with van der Waals surface area (Å²) in [6.07, 6.45) is 0.228. The summed E-state index contributed by atoms with van der Waals surface area (Å²) in [6, 6.07) is 2.26. The highest BCUT2D eigenvalue weighted by molar-refractivity contribution is 5.09. The zero-order chi connectivity index (χ0) is 9.14. The van der Waals surface area contributed by atoms with Gasteiger partial charge in [-0.3, -0.25) is 4.98 Å². The Morgan fingerprint density at radius 1 is 1.58 bits per heavy atom. The van der Waals surface area contributed by atoms with Crippen LogP contribution in [0.25, 0.3) is 0 Å². The van der Waals surface area contributed by atoms with Crippen LogP contribution in [-0.4, -0.2) is 16.1 Å². The molecule has 0 aliphatic carbocycles. The smallest absolute Gasteiger partial charge is 0.141 e. The van der Waals surface area contributed by atoms with Crippen molar-refractivity contribution in [1.82, 2.24) is 4.98 Å². The Hall–Kier alpha value is -1.00. The minimum Gasteiger partial charge on any atom is -0.385 e. The highest BCUT2D eigenvalue weighted by Gasteiger charge is 2.12. The van der Waals surface area contributed by atoms with Crippen molar-refractivity contribution in [2.45, 2.75) is 19.1 Å². The first-order chi connectivity index (χ1) is 5.61. The molecule has 0 radical (unpaired) electrons. The topological polar surface area (TPSA) is 59.1 Å². The summed E-state index contributed by atoms with van der Waals surface area (Å²) in [4.78, 5) is 3.69. The van der Waals surface area contributed by atoms with E-state index in [-0.39, 0.29) is 0 Å². The van der Waals surface area contributed by atoms with Crippen LogP contribution >= 0.6 is 0 Å². The molecule has 1 unspecified atom stereocenters. The third kappa shape index (κ3) is 1.99. The van der Waals surface area contributed by atoms with Crippen LogP contribution < -0.4 is 5.73 Å². The van der Waals surface area contributed by atoms with E-state index < -0.39 is 18.0 Å². The van der Waals surface area contributed by atoms with Crippen LogP contribution in [-0.2, 0) is 0 Å². The van der Waals surface area contributed by atoms with Crippen LogP contribution in [0.1, 0.15) is 18.7 Å². The first-order valence-corrected chi connectivity index (χ1v) is 3.66. The monoisotopic (exact) mass is 170 g/mol. The van der Waals surface area contributed by atoms with Crippen LogP contribution in [0, 0.1) is 5.82 Å². The minimum atomic E-state index is -0.828. The highest BCUT2D eigenvalue weighted by Crippen LogP contribution is 2.12. The Kier molecular flexibility index (Phi) is 2.73. The molecule has 0 fully saturated rings. The van der Waals surface area contributed by atoms with Crippen LogP contribution in [0.3, 0.4) is 0 Å². The molecule has 12 heavy (non-hydrogen) atoms. The average molecular weight is 170 g/mol. The molecule has 4 heteroatoms. The molecule has 0 aliphatic heterocycles. The van der Waals surface area contributed by atoms with Crippen molar-refractivity contribution in [2.24, 2.45) is 5.73 Å². The molecule has 0 saturated heterocycles. The molecule has 0 aliphatic rings. The van der Waals surface area contributed by atoms with Crippen molar-refractivity contribution in [3.8, 4) is 0 Å². The number of rotatable bonds is 2. The van der Waals surface area contributed by atoms with E-state index in [1.807, 2.05) is 0 Å². The Morgan fingerprint density at radius 2 is 2.25 bits per heavy atom. The van der Waals surface area contributed by atoms with Crippen molar-refractivity contribution in [3.05, 3.63) is 29.8 Å². The summed E-state index contributed by atoms with van der Waals surface area (Å²) in [5.41, 5.74) is 5.82. The lowest BCUT2D eigenvalue weighted by Gasteiger charge is -2.12. The number of pyridine rings is 1. The third-order valence-electron chi connectivity index (χ3n) is 1.55. The molecule has 2 atom stereocenters. The zero-order valence-electron chi connectivity index (χ0n) is 6.74. The maximum absolute atomic E-state index is 12.4. The Labute approximate surface area is 70.0 Å². The molecule has 1 heterocycles. The van der Waals surface area contributed by atoms with E-state index in [0.717, 1.165) is 6.20 Å². The van der Waals surface area contributed by atoms with Gasteiger partial charge < -0.3 is 10.8 Å². The van der Waals surface area contributed by atoms with Gasteiger partial charge in [0.2, 0.25) is 0 Å². The van der Waals surface area contributed by atoms with E-state index in [4.69, 9.17) is 5.73 Å². The van der Waals surface area contributed by atoms with Gasteiger partial charge in [0.05, 0.1) is 11.9 Å². The summed E-state index contributed by atoms with van der Waals surface area (Å²) >= 11 is 0. The zero-order valence-corrected chi connectivity index (χ0v) is 6.74. The summed E-state index contributed by atoms with van der Waals surface area (Å²) in [5.74, 6) is -0.421. The third-order valence-corrected chi connectivity index (χ3v) is 1.55. The molecule has 0 spiro atoms. The molecule has 0 bridgehead atoms. The second-order valence-corrected chi connectivity index (χ2v) is 2.71. The number of aromatic nitrogens is 1. The number of halogens is 1. The molecule has 1 rings (SSSR count). The predicted molar refractivity (Wildman–Crippen MR) is 42.8 cm³/mol. The van der Waals surface area contributed by atoms with Gasteiger partial charge in [-0.25, -0.2) is 4.39 Å². The normalized spacial score (nSPS) is 15.7. The summed E-state index contributed by atoms with van der Waals surface area (Å²) in [6.45, 7) is 1.66. The van der Waals surface area contributed by atoms with Crippen LogP contribution in [0.2, 0.25) is 0 Å². The van der Waals surface area contributed by atoms with E-state index in [1.165, 1.54) is 12.1 Å². The minimum absolute atomic E-state index is 0.395. The lowest BCUT2D eigenvalue weighted by atomic mass is 10.1. The van der Waals surface area contributed by atoms with Crippen molar-refractivity contribution in [3.63, 3.8) is 0 Å². The van der Waals surface area contributed by atoms with E-state index in [2.05, 4.69) is 4.98 Å². The SMILES string of the molecule is CC(N)[C@@H](O)c1ccc(F)cn1. The van der Waals surface area contributed by atoms with E-state index in [9.17, 15) is 9.50 Å². The number of nitrogens with two attached hydrogens (primary N) is 1. The summed E-state index contributed by atoms with van der Waals surface area (Å²) in [5, 5.41) is 9.38. The maximum Gasteiger partial charge on any atom is 0.141 e. The number of aliphatic hydroxyl groups excluding tert-OH is 1. The molecule has 1 aromatic rings. The average Bonchev–Trinajstić information content (AvgIpc) is 2.04. The van der Waals surface area contributed by atoms with Gasteiger partial charge in [-0.2, -0.15) is 0 Å². The molecule has 0 amide bonds. The van der Waals surface area contributed by atoms with Gasteiger partial charge in [0.15, 0.2) is 0 Å². The molecular weight excluding hydrogens is 159 g/mol. The number of aliphatic hydroxyl groups is 1. The second kappa shape index (κ2) is 3.60. The van der Waals surface area contributed by atoms with Gasteiger partial charge >= 0.3 is 0 Å². The van der Waals surface area contributed by atoms with Gasteiger partial charge in [0.25, 0.3) is 0 Å². The van der Waals surface area contributed by atoms with Gasteiger partial charge in [-0.05, 0) is 19.1 Å². The number of hydrogen-bond acceptors (Lipinski definition) is 3. The van der Waals surface area contributed by atoms with Crippen molar-refractivity contribution >= 4 is 0 Å². The molecule has 0 aromatic carbocycles. The molecule has 66 valence electrons. The molecular formula is C8H11FN2O. The molecule has 1 aromatic heterocycles. The predicted octanol–water partition coefficient (Wildman–Crippen LogP) is 0.601.